The van der Waals surface area contributed by atoms with Crippen LogP contribution in [0.4, 0.5) is 5.00 Å². The molecule has 4 N–H and O–H groups in total. The van der Waals surface area contributed by atoms with Crippen LogP contribution in [0.5, 0.6) is 0 Å². The summed E-state index contributed by atoms with van der Waals surface area (Å²) in [4.78, 5) is 23.4. The van der Waals surface area contributed by atoms with Crippen molar-refractivity contribution in [1.29, 1.82) is 0 Å². The zero-order valence-electron chi connectivity index (χ0n) is 13.6. The van der Waals surface area contributed by atoms with Crippen molar-refractivity contribution in [2.45, 2.75) is 35.5 Å². The minimum absolute atomic E-state index is 0.00838. The van der Waals surface area contributed by atoms with Crippen LogP contribution >= 0.6 is 11.3 Å². The van der Waals surface area contributed by atoms with Gasteiger partial charge < -0.3 is 16.2 Å². The summed E-state index contributed by atoms with van der Waals surface area (Å²) in [6.45, 7) is 3.09. The van der Waals surface area contributed by atoms with Crippen LogP contribution in [0.3, 0.4) is 0 Å². The summed E-state index contributed by atoms with van der Waals surface area (Å²) in [6.07, 6.45) is -0.793. The second-order valence-corrected chi connectivity index (χ2v) is 8.50. The normalized spacial score (nSPS) is 12.6. The highest BCUT2D eigenvalue weighted by molar-refractivity contribution is 7.93. The van der Waals surface area contributed by atoms with Gasteiger partial charge in [-0.15, -0.1) is 11.3 Å². The smallest absolute Gasteiger partial charge is 0.253 e. The predicted octanol–water partition coefficient (Wildman–Crippen LogP) is 1.56. The number of rotatable bonds is 6. The van der Waals surface area contributed by atoms with Crippen LogP contribution in [0.25, 0.3) is 0 Å². The number of thiophene rings is 1. The molecule has 134 valence electrons. The number of sulfone groups is 1. The number of benzene rings is 1. The van der Waals surface area contributed by atoms with E-state index in [1.807, 2.05) is 6.92 Å². The number of carbonyl (C=O) groups excluding carboxylic acids is 2. The number of nitrogens with one attached hydrogen (secondary N) is 1. The Kier molecular flexibility index (Phi) is 5.61. The molecule has 25 heavy (non-hydrogen) atoms. The molecule has 1 heterocycles. The van der Waals surface area contributed by atoms with Gasteiger partial charge in [0, 0.05) is 0 Å². The molecule has 0 aliphatic rings. The lowest BCUT2D eigenvalue weighted by atomic mass is 10.2. The Morgan fingerprint density at radius 3 is 2.52 bits per heavy atom. The Morgan fingerprint density at radius 2 is 1.96 bits per heavy atom. The summed E-state index contributed by atoms with van der Waals surface area (Å²) in [6, 6.07) is 7.71. The van der Waals surface area contributed by atoms with Crippen LogP contribution in [-0.4, -0.2) is 31.4 Å². The lowest BCUT2D eigenvalue weighted by molar-refractivity contribution is -0.123. The average Bonchev–Trinajstić information content (AvgIpc) is 2.99. The molecule has 2 amide bonds. The fourth-order valence-electron chi connectivity index (χ4n) is 2.16. The first-order chi connectivity index (χ1) is 11.7. The fourth-order valence-corrected chi connectivity index (χ4v) is 5.22. The molecule has 0 radical (unpaired) electrons. The zero-order valence-corrected chi connectivity index (χ0v) is 15.3. The molecule has 0 fully saturated rings. The molecule has 1 aromatic heterocycles. The SMILES string of the molecule is CCc1ccccc1S(=O)(=O)c1cc(C(N)=O)c(NC(=O)C(C)O)s1. The molecule has 0 saturated heterocycles. The van der Waals surface area contributed by atoms with Crippen LogP contribution in [0.1, 0.15) is 29.8 Å². The molecule has 9 heteroatoms. The Hall–Kier alpha value is -2.23. The molecule has 2 rings (SSSR count). The first-order valence-corrected chi connectivity index (χ1v) is 9.74. The third kappa shape index (κ3) is 3.89. The van der Waals surface area contributed by atoms with Crippen molar-refractivity contribution in [3.05, 3.63) is 41.5 Å². The minimum atomic E-state index is -3.88. The average molecular weight is 382 g/mol. The minimum Gasteiger partial charge on any atom is -0.384 e. The Labute approximate surface area is 149 Å². The van der Waals surface area contributed by atoms with Gasteiger partial charge in [0.1, 0.15) is 15.3 Å². The van der Waals surface area contributed by atoms with Gasteiger partial charge in [-0.2, -0.15) is 0 Å². The fraction of sp³-hybridized carbons (Fsp3) is 0.250. The van der Waals surface area contributed by atoms with E-state index in [1.165, 1.54) is 13.0 Å². The van der Waals surface area contributed by atoms with Crippen LogP contribution in [0.2, 0.25) is 0 Å². The maximum atomic E-state index is 12.9. The third-order valence-corrected chi connectivity index (χ3v) is 6.88. The first-order valence-electron chi connectivity index (χ1n) is 7.44. The monoisotopic (exact) mass is 382 g/mol. The maximum Gasteiger partial charge on any atom is 0.253 e. The third-order valence-electron chi connectivity index (χ3n) is 3.50. The standard InChI is InChI=1S/C16H18N2O5S2/c1-3-10-6-4-5-7-12(10)25(22,23)13-8-11(14(17)20)16(24-13)18-15(21)9(2)19/h4-9,19H,3H2,1-2H3,(H2,17,20)(H,18,21). The van der Waals surface area contributed by atoms with E-state index in [0.717, 1.165) is 17.4 Å². The number of primary amides is 1. The van der Waals surface area contributed by atoms with Gasteiger partial charge in [-0.3, -0.25) is 9.59 Å². The highest BCUT2D eigenvalue weighted by Gasteiger charge is 2.27. The maximum absolute atomic E-state index is 12.9. The van der Waals surface area contributed by atoms with Crippen molar-refractivity contribution in [3.63, 3.8) is 0 Å². The number of aliphatic hydroxyl groups excluding tert-OH is 1. The van der Waals surface area contributed by atoms with E-state index in [9.17, 15) is 23.1 Å². The van der Waals surface area contributed by atoms with Crippen molar-refractivity contribution >= 4 is 38.0 Å². The van der Waals surface area contributed by atoms with Gasteiger partial charge in [-0.25, -0.2) is 8.42 Å². The number of hydrogen-bond acceptors (Lipinski definition) is 6. The zero-order chi connectivity index (χ0) is 18.8. The van der Waals surface area contributed by atoms with E-state index < -0.39 is 27.8 Å². The molecule has 0 aliphatic carbocycles. The Balaban J connectivity index is 2.56. The Morgan fingerprint density at radius 1 is 1.32 bits per heavy atom. The number of nitrogens with two attached hydrogens (primary N) is 1. The second-order valence-electron chi connectivity index (χ2n) is 5.30. The number of aryl methyl sites for hydroxylation is 1. The molecule has 7 nitrogen and oxygen atoms in total. The van der Waals surface area contributed by atoms with Gasteiger partial charge in [0.15, 0.2) is 0 Å². The van der Waals surface area contributed by atoms with Crippen LogP contribution in [0, 0.1) is 0 Å². The van der Waals surface area contributed by atoms with Crippen LogP contribution in [0.15, 0.2) is 39.4 Å². The van der Waals surface area contributed by atoms with E-state index in [0.29, 0.717) is 12.0 Å². The molecular weight excluding hydrogens is 364 g/mol. The van der Waals surface area contributed by atoms with Crippen LogP contribution < -0.4 is 11.1 Å². The summed E-state index contributed by atoms with van der Waals surface area (Å²) in [5, 5.41) is 11.6. The van der Waals surface area contributed by atoms with Gasteiger partial charge in [0.05, 0.1) is 10.5 Å². The van der Waals surface area contributed by atoms with E-state index in [1.54, 1.807) is 18.2 Å². The quantitative estimate of drug-likeness (QED) is 0.699. The van der Waals surface area contributed by atoms with Gasteiger partial charge >= 0.3 is 0 Å². The lowest BCUT2D eigenvalue weighted by Gasteiger charge is -2.07. The number of carbonyl (C=O) groups is 2. The van der Waals surface area contributed by atoms with E-state index >= 15 is 0 Å². The highest BCUT2D eigenvalue weighted by atomic mass is 32.2. The molecule has 0 spiro atoms. The summed E-state index contributed by atoms with van der Waals surface area (Å²) < 4.78 is 25.7. The lowest BCUT2D eigenvalue weighted by Crippen LogP contribution is -2.25. The summed E-state index contributed by atoms with van der Waals surface area (Å²) in [7, 11) is -3.88. The predicted molar refractivity (Wildman–Crippen MR) is 94.4 cm³/mol. The molecule has 1 atom stereocenters. The van der Waals surface area contributed by atoms with Crippen molar-refractivity contribution in [1.82, 2.24) is 0 Å². The molecule has 1 unspecified atom stereocenters. The van der Waals surface area contributed by atoms with Crippen LogP contribution in [-0.2, 0) is 21.1 Å². The molecular formula is C16H18N2O5S2. The van der Waals surface area contributed by atoms with E-state index in [4.69, 9.17) is 5.73 Å². The topological polar surface area (TPSA) is 127 Å². The molecule has 0 bridgehead atoms. The number of aliphatic hydroxyl groups is 1. The van der Waals surface area contributed by atoms with Crippen molar-refractivity contribution in [2.75, 3.05) is 5.32 Å². The van der Waals surface area contributed by atoms with Gasteiger partial charge in [-0.05, 0) is 31.0 Å². The van der Waals surface area contributed by atoms with Crippen molar-refractivity contribution in [2.24, 2.45) is 5.73 Å². The van der Waals surface area contributed by atoms with Gasteiger partial charge in [0.2, 0.25) is 9.84 Å². The molecule has 0 aliphatic heterocycles. The molecule has 0 saturated carbocycles. The summed E-state index contributed by atoms with van der Waals surface area (Å²) >= 11 is 0.723. The van der Waals surface area contributed by atoms with Crippen molar-refractivity contribution in [3.8, 4) is 0 Å². The first kappa shape index (κ1) is 19.1. The van der Waals surface area contributed by atoms with Crippen molar-refractivity contribution < 1.29 is 23.1 Å². The number of hydrogen-bond donors (Lipinski definition) is 3. The molecule has 2 aromatic rings. The van der Waals surface area contributed by atoms with E-state index in [-0.39, 0.29) is 19.7 Å². The van der Waals surface area contributed by atoms with E-state index in [2.05, 4.69) is 5.32 Å². The van der Waals surface area contributed by atoms with Gasteiger partial charge in [-0.1, -0.05) is 25.1 Å². The van der Waals surface area contributed by atoms with Gasteiger partial charge in [0.25, 0.3) is 11.8 Å². The summed E-state index contributed by atoms with van der Waals surface area (Å²) in [5.41, 5.74) is 5.80. The summed E-state index contributed by atoms with van der Waals surface area (Å²) in [5.74, 6) is -1.63. The Bertz CT molecular complexity index is 916. The number of amides is 2. The largest absolute Gasteiger partial charge is 0.384 e. The second kappa shape index (κ2) is 7.34. The highest BCUT2D eigenvalue weighted by Crippen LogP contribution is 2.35. The molecule has 1 aromatic carbocycles. The number of anilines is 1.